The highest BCUT2D eigenvalue weighted by atomic mass is 35.5. The molecule has 2 heterocycles. The number of fused-ring (bicyclic) bond motifs is 3. The van der Waals surface area contributed by atoms with Gasteiger partial charge in [-0.2, -0.15) is 0 Å². The Labute approximate surface area is 143 Å². The molecule has 1 N–H and O–H groups in total. The van der Waals surface area contributed by atoms with Gasteiger partial charge in [0.05, 0.1) is 22.9 Å². The summed E-state index contributed by atoms with van der Waals surface area (Å²) >= 11 is 5.77. The van der Waals surface area contributed by atoms with Gasteiger partial charge in [-0.25, -0.2) is 9.18 Å². The van der Waals surface area contributed by atoms with Crippen molar-refractivity contribution in [3.63, 3.8) is 0 Å². The van der Waals surface area contributed by atoms with E-state index in [-0.39, 0.29) is 11.1 Å². The van der Waals surface area contributed by atoms with Crippen LogP contribution in [-0.2, 0) is 6.54 Å². The molecular weight excluding hydrogens is 329 g/mol. The van der Waals surface area contributed by atoms with Crippen LogP contribution in [0.3, 0.4) is 0 Å². The molecule has 2 amide bonds. The third-order valence-corrected chi connectivity index (χ3v) is 4.29. The molecule has 0 saturated heterocycles. The van der Waals surface area contributed by atoms with Gasteiger partial charge in [-0.15, -0.1) is 0 Å². The van der Waals surface area contributed by atoms with Crippen molar-refractivity contribution in [3.8, 4) is 5.69 Å². The summed E-state index contributed by atoms with van der Waals surface area (Å²) in [5.41, 5.74) is 3.22. The summed E-state index contributed by atoms with van der Waals surface area (Å²) in [5.74, 6) is -0.518. The molecule has 1 aromatic heterocycles. The van der Waals surface area contributed by atoms with E-state index in [9.17, 15) is 9.18 Å². The molecule has 3 aromatic rings. The van der Waals surface area contributed by atoms with E-state index in [0.717, 1.165) is 17.1 Å². The van der Waals surface area contributed by atoms with E-state index >= 15 is 0 Å². The Hall–Kier alpha value is -2.79. The number of carbonyl (C=O) groups is 1. The van der Waals surface area contributed by atoms with Crippen molar-refractivity contribution in [1.29, 1.82) is 0 Å². The number of amides is 2. The zero-order valence-electron chi connectivity index (χ0n) is 12.5. The summed E-state index contributed by atoms with van der Waals surface area (Å²) in [5, 5.41) is 2.74. The standard InChI is InChI=1S/C18H13ClFN3O/c19-14-10-12(7-8-15(14)20)21-18(24)23-11-13-4-3-9-22(13)16-5-1-2-6-17(16)23/h1-10H,11H2,(H,21,24). The predicted molar refractivity (Wildman–Crippen MR) is 92.4 cm³/mol. The molecule has 0 bridgehead atoms. The molecule has 1 aliphatic heterocycles. The van der Waals surface area contributed by atoms with Crippen LogP contribution in [0.4, 0.5) is 20.6 Å². The summed E-state index contributed by atoms with van der Waals surface area (Å²) in [7, 11) is 0. The van der Waals surface area contributed by atoms with Gasteiger partial charge in [0, 0.05) is 17.6 Å². The van der Waals surface area contributed by atoms with Crippen molar-refractivity contribution in [2.24, 2.45) is 0 Å². The molecule has 0 atom stereocenters. The lowest BCUT2D eigenvalue weighted by Gasteiger charge is -2.31. The molecule has 2 aromatic carbocycles. The van der Waals surface area contributed by atoms with Crippen LogP contribution in [0.15, 0.2) is 60.8 Å². The fraction of sp³-hybridized carbons (Fsp3) is 0.0556. The van der Waals surface area contributed by atoms with Gasteiger partial charge in [0.25, 0.3) is 0 Å². The number of hydrogen-bond donors (Lipinski definition) is 1. The molecule has 0 saturated carbocycles. The molecule has 1 aliphatic rings. The second-order valence-corrected chi connectivity index (χ2v) is 5.91. The lowest BCUT2D eigenvalue weighted by atomic mass is 10.2. The maximum absolute atomic E-state index is 13.3. The highest BCUT2D eigenvalue weighted by Crippen LogP contribution is 2.32. The molecule has 0 radical (unpaired) electrons. The third-order valence-electron chi connectivity index (χ3n) is 4.00. The fourth-order valence-electron chi connectivity index (χ4n) is 2.87. The van der Waals surface area contributed by atoms with Crippen molar-refractivity contribution in [1.82, 2.24) is 4.57 Å². The number of hydrogen-bond acceptors (Lipinski definition) is 1. The molecule has 0 fully saturated rings. The van der Waals surface area contributed by atoms with Crippen LogP contribution in [0, 0.1) is 5.82 Å². The van der Waals surface area contributed by atoms with Crippen LogP contribution in [-0.4, -0.2) is 10.6 Å². The normalized spacial score (nSPS) is 12.5. The Morgan fingerprint density at radius 1 is 1.08 bits per heavy atom. The number of carbonyl (C=O) groups excluding carboxylic acids is 1. The third kappa shape index (κ3) is 2.43. The molecule has 4 nitrogen and oxygen atoms in total. The first-order valence-electron chi connectivity index (χ1n) is 7.43. The molecule has 4 rings (SSSR count). The Balaban J connectivity index is 1.67. The van der Waals surface area contributed by atoms with E-state index in [1.165, 1.54) is 18.2 Å². The van der Waals surface area contributed by atoms with Crippen molar-refractivity contribution in [2.45, 2.75) is 6.54 Å². The molecule has 120 valence electrons. The van der Waals surface area contributed by atoms with Crippen LogP contribution >= 0.6 is 11.6 Å². The number of anilines is 2. The van der Waals surface area contributed by atoms with Crippen molar-refractivity contribution < 1.29 is 9.18 Å². The van der Waals surface area contributed by atoms with Crippen molar-refractivity contribution in [3.05, 3.63) is 77.3 Å². The lowest BCUT2D eigenvalue weighted by Crippen LogP contribution is -2.38. The highest BCUT2D eigenvalue weighted by molar-refractivity contribution is 6.31. The average Bonchev–Trinajstić information content (AvgIpc) is 3.06. The van der Waals surface area contributed by atoms with Crippen LogP contribution in [0.1, 0.15) is 5.69 Å². The largest absolute Gasteiger partial charge is 0.326 e. The van der Waals surface area contributed by atoms with Gasteiger partial charge in [0.2, 0.25) is 0 Å². The molecule has 0 aliphatic carbocycles. The number of aromatic nitrogens is 1. The highest BCUT2D eigenvalue weighted by Gasteiger charge is 2.25. The van der Waals surface area contributed by atoms with E-state index in [4.69, 9.17) is 11.6 Å². The Morgan fingerprint density at radius 3 is 2.67 bits per heavy atom. The number of nitrogens with one attached hydrogen (secondary N) is 1. The Kier molecular flexibility index (Phi) is 3.50. The monoisotopic (exact) mass is 341 g/mol. The minimum atomic E-state index is -0.518. The van der Waals surface area contributed by atoms with Crippen LogP contribution < -0.4 is 10.2 Å². The van der Waals surface area contributed by atoms with Crippen LogP contribution in [0.25, 0.3) is 5.69 Å². The number of benzene rings is 2. The number of para-hydroxylation sites is 2. The lowest BCUT2D eigenvalue weighted by molar-refractivity contribution is 0.256. The van der Waals surface area contributed by atoms with Crippen LogP contribution in [0.5, 0.6) is 0 Å². The minimum Gasteiger partial charge on any atom is -0.317 e. The zero-order valence-corrected chi connectivity index (χ0v) is 13.3. The van der Waals surface area contributed by atoms with Gasteiger partial charge >= 0.3 is 6.03 Å². The Morgan fingerprint density at radius 2 is 1.88 bits per heavy atom. The maximum Gasteiger partial charge on any atom is 0.326 e. The zero-order chi connectivity index (χ0) is 16.7. The van der Waals surface area contributed by atoms with Gasteiger partial charge in [-0.1, -0.05) is 23.7 Å². The fourth-order valence-corrected chi connectivity index (χ4v) is 3.05. The van der Waals surface area contributed by atoms with E-state index in [1.54, 1.807) is 4.90 Å². The number of halogens is 2. The van der Waals surface area contributed by atoms with Crippen LogP contribution in [0.2, 0.25) is 5.02 Å². The molecular formula is C18H13ClFN3O. The quantitative estimate of drug-likeness (QED) is 0.676. The summed E-state index contributed by atoms with van der Waals surface area (Å²) in [4.78, 5) is 14.4. The maximum atomic E-state index is 13.3. The number of urea groups is 1. The van der Waals surface area contributed by atoms with Gasteiger partial charge in [-0.3, -0.25) is 4.90 Å². The van der Waals surface area contributed by atoms with E-state index < -0.39 is 5.82 Å². The second kappa shape index (κ2) is 5.69. The molecule has 0 unspecified atom stereocenters. The molecule has 24 heavy (non-hydrogen) atoms. The van der Waals surface area contributed by atoms with Crippen molar-refractivity contribution >= 4 is 29.0 Å². The van der Waals surface area contributed by atoms with Gasteiger partial charge < -0.3 is 9.88 Å². The average molecular weight is 342 g/mol. The Bertz CT molecular complexity index is 938. The first kappa shape index (κ1) is 14.8. The topological polar surface area (TPSA) is 37.3 Å². The van der Waals surface area contributed by atoms with E-state index in [1.807, 2.05) is 42.6 Å². The van der Waals surface area contributed by atoms with Crippen molar-refractivity contribution in [2.75, 3.05) is 10.2 Å². The smallest absolute Gasteiger partial charge is 0.317 e. The summed E-state index contributed by atoms with van der Waals surface area (Å²) in [6, 6.07) is 15.4. The first-order valence-corrected chi connectivity index (χ1v) is 7.80. The minimum absolute atomic E-state index is 0.0271. The summed E-state index contributed by atoms with van der Waals surface area (Å²) < 4.78 is 15.3. The van der Waals surface area contributed by atoms with Gasteiger partial charge in [-0.05, 0) is 42.5 Å². The number of nitrogens with zero attached hydrogens (tertiary/aromatic N) is 2. The summed E-state index contributed by atoms with van der Waals surface area (Å²) in [6.07, 6.45) is 1.98. The van der Waals surface area contributed by atoms with Gasteiger partial charge in [0.1, 0.15) is 5.82 Å². The molecule has 0 spiro atoms. The first-order chi connectivity index (χ1) is 11.6. The predicted octanol–water partition coefficient (Wildman–Crippen LogP) is 4.82. The SMILES string of the molecule is O=C(Nc1ccc(F)c(Cl)c1)N1Cc2cccn2-c2ccccc21. The van der Waals surface area contributed by atoms with Gasteiger partial charge in [0.15, 0.2) is 0 Å². The second-order valence-electron chi connectivity index (χ2n) is 5.50. The van der Waals surface area contributed by atoms with E-state index in [0.29, 0.717) is 12.2 Å². The van der Waals surface area contributed by atoms with E-state index in [2.05, 4.69) is 9.88 Å². The number of rotatable bonds is 1. The summed E-state index contributed by atoms with van der Waals surface area (Å²) in [6.45, 7) is 0.449. The molecule has 6 heteroatoms.